The fraction of sp³-hybridized carbons (Fsp3) is 0.692. The third kappa shape index (κ3) is 6.48. The molecule has 3 heterocycles. The Morgan fingerprint density at radius 1 is 0.939 bits per heavy atom. The third-order valence-electron chi connectivity index (χ3n) is 7.48. The lowest BCUT2D eigenvalue weighted by Gasteiger charge is -2.37. The second-order valence-corrected chi connectivity index (χ2v) is 10.4. The zero-order chi connectivity index (χ0) is 23.2. The minimum atomic E-state index is -0.0959. The van der Waals surface area contributed by atoms with Gasteiger partial charge in [0.15, 0.2) is 0 Å². The van der Waals surface area contributed by atoms with Crippen molar-refractivity contribution in [2.75, 3.05) is 44.2 Å². The molecule has 3 aliphatic rings. The van der Waals surface area contributed by atoms with E-state index in [0.717, 1.165) is 71.4 Å². The summed E-state index contributed by atoms with van der Waals surface area (Å²) in [5, 5.41) is 0. The second-order valence-electron chi connectivity index (χ2n) is 10.4. The van der Waals surface area contributed by atoms with E-state index in [2.05, 4.69) is 53.9 Å². The van der Waals surface area contributed by atoms with Gasteiger partial charge < -0.3 is 14.7 Å². The summed E-state index contributed by atoms with van der Waals surface area (Å²) in [5.74, 6) is 1.70. The number of anilines is 1. The van der Waals surface area contributed by atoms with Gasteiger partial charge in [-0.1, -0.05) is 32.0 Å². The molecule has 2 atom stereocenters. The Bertz CT molecular complexity index is 770. The smallest absolute Gasteiger partial charge is 0.241 e. The van der Waals surface area contributed by atoms with Crippen molar-refractivity contribution < 1.29 is 9.59 Å². The monoisotopic (exact) mass is 455 g/mol. The van der Waals surface area contributed by atoms with E-state index in [1.807, 2.05) is 15.9 Å². The molecular weight excluding hydrogens is 414 g/mol. The maximum absolute atomic E-state index is 12.9. The van der Waals surface area contributed by atoms with E-state index in [1.165, 1.54) is 5.69 Å². The molecule has 0 aromatic heterocycles. The maximum Gasteiger partial charge on any atom is 0.241 e. The van der Waals surface area contributed by atoms with Crippen molar-refractivity contribution in [2.45, 2.75) is 64.5 Å². The summed E-state index contributed by atoms with van der Waals surface area (Å²) in [7, 11) is 0. The van der Waals surface area contributed by atoms with Crippen molar-refractivity contribution in [3.8, 4) is 0 Å². The van der Waals surface area contributed by atoms with Crippen LogP contribution in [0.25, 0.3) is 0 Å². The fourth-order valence-electron chi connectivity index (χ4n) is 5.51. The minimum Gasteiger partial charge on any atom is -0.368 e. The first-order chi connectivity index (χ1) is 16.0. The lowest BCUT2D eigenvalue weighted by Crippen LogP contribution is -2.49. The minimum absolute atomic E-state index is 0.0959. The summed E-state index contributed by atoms with van der Waals surface area (Å²) in [5.41, 5.74) is 7.76. The maximum atomic E-state index is 12.9. The third-order valence-corrected chi connectivity index (χ3v) is 7.48. The number of carbonyl (C=O) groups excluding carboxylic acids is 2. The van der Waals surface area contributed by atoms with Crippen LogP contribution >= 0.6 is 0 Å². The van der Waals surface area contributed by atoms with Gasteiger partial charge in [0.25, 0.3) is 0 Å². The summed E-state index contributed by atoms with van der Waals surface area (Å²) >= 11 is 0. The van der Waals surface area contributed by atoms with Crippen LogP contribution in [0, 0.1) is 11.8 Å². The zero-order valence-corrected chi connectivity index (χ0v) is 20.3. The predicted molar refractivity (Wildman–Crippen MR) is 132 cm³/mol. The number of nitrogens with zero attached hydrogens (tertiary/aromatic N) is 3. The number of rotatable bonds is 7. The molecule has 2 unspecified atom stereocenters. The van der Waals surface area contributed by atoms with Crippen molar-refractivity contribution in [3.05, 3.63) is 30.3 Å². The number of benzene rings is 1. The van der Waals surface area contributed by atoms with Crippen LogP contribution in [0.1, 0.15) is 52.4 Å². The average Bonchev–Trinajstić information content (AvgIpc) is 3.31. The number of para-hydroxylation sites is 1. The fourth-order valence-corrected chi connectivity index (χ4v) is 5.51. The molecule has 3 fully saturated rings. The summed E-state index contributed by atoms with van der Waals surface area (Å²) in [4.78, 5) is 32.1. The van der Waals surface area contributed by atoms with Gasteiger partial charge >= 0.3 is 0 Å². The molecule has 0 aliphatic carbocycles. The molecule has 7 heteroatoms. The molecule has 0 bridgehead atoms. The largest absolute Gasteiger partial charge is 0.368 e. The van der Waals surface area contributed by atoms with Gasteiger partial charge in [-0.15, -0.1) is 0 Å². The van der Waals surface area contributed by atoms with Crippen LogP contribution in [0.3, 0.4) is 0 Å². The summed E-state index contributed by atoms with van der Waals surface area (Å²) in [6, 6.07) is 10.7. The van der Waals surface area contributed by atoms with Gasteiger partial charge in [-0.2, -0.15) is 0 Å². The molecule has 2 N–H and O–H groups in total. The quantitative estimate of drug-likeness (QED) is 0.662. The number of amides is 2. The predicted octanol–water partition coefficient (Wildman–Crippen LogP) is 2.64. The van der Waals surface area contributed by atoms with Crippen LogP contribution < -0.4 is 15.8 Å². The Morgan fingerprint density at radius 2 is 1.64 bits per heavy atom. The van der Waals surface area contributed by atoms with Crippen molar-refractivity contribution >= 4 is 17.5 Å². The van der Waals surface area contributed by atoms with Crippen LogP contribution in [-0.4, -0.2) is 73.0 Å². The van der Waals surface area contributed by atoms with Gasteiger partial charge in [0.2, 0.25) is 11.8 Å². The lowest BCUT2D eigenvalue weighted by molar-refractivity contribution is -0.135. The molecule has 7 nitrogen and oxygen atoms in total. The second kappa shape index (κ2) is 11.3. The molecule has 2 amide bonds. The van der Waals surface area contributed by atoms with Gasteiger partial charge in [0.1, 0.15) is 6.04 Å². The number of hydrogen-bond acceptors (Lipinski definition) is 5. The molecule has 1 aromatic carbocycles. The Labute approximate surface area is 198 Å². The summed E-state index contributed by atoms with van der Waals surface area (Å²) in [6.45, 7) is 9.49. The Balaban J connectivity index is 1.13. The van der Waals surface area contributed by atoms with Crippen molar-refractivity contribution in [1.82, 2.24) is 20.7 Å². The molecular formula is C26H41N5O2. The van der Waals surface area contributed by atoms with Crippen LogP contribution in [-0.2, 0) is 9.59 Å². The standard InChI is InChI=1S/C26H41N5O2/c1-20(2)18-22-19-24(28-27-22)26(33)31-12-10-21(11-13-31)8-9-25(32)30-16-14-29(15-17-30)23-6-4-3-5-7-23/h3-7,20-22,24,27-28H,8-19H2,1-2H3. The highest BCUT2D eigenvalue weighted by Crippen LogP contribution is 2.25. The van der Waals surface area contributed by atoms with Crippen LogP contribution in [0.2, 0.25) is 0 Å². The van der Waals surface area contributed by atoms with Gasteiger partial charge in [-0.3, -0.25) is 15.0 Å². The highest BCUT2D eigenvalue weighted by molar-refractivity contribution is 5.82. The molecule has 1 aromatic rings. The van der Waals surface area contributed by atoms with E-state index in [0.29, 0.717) is 30.2 Å². The zero-order valence-electron chi connectivity index (χ0n) is 20.3. The van der Waals surface area contributed by atoms with E-state index in [1.54, 1.807) is 0 Å². The average molecular weight is 456 g/mol. The number of nitrogens with one attached hydrogen (secondary N) is 2. The topological polar surface area (TPSA) is 67.9 Å². The SMILES string of the molecule is CC(C)CC1CC(C(=O)N2CCC(CCC(=O)N3CCN(c4ccccc4)CC3)CC2)NN1. The number of carbonyl (C=O) groups is 2. The van der Waals surface area contributed by atoms with E-state index in [-0.39, 0.29) is 11.9 Å². The summed E-state index contributed by atoms with van der Waals surface area (Å²) < 4.78 is 0. The Hall–Kier alpha value is -2.12. The highest BCUT2D eigenvalue weighted by atomic mass is 16.2. The van der Waals surface area contributed by atoms with E-state index in [4.69, 9.17) is 0 Å². The first-order valence-corrected chi connectivity index (χ1v) is 12.9. The van der Waals surface area contributed by atoms with Gasteiger partial charge in [0, 0.05) is 57.4 Å². The number of piperidine rings is 1. The summed E-state index contributed by atoms with van der Waals surface area (Å²) in [6.07, 6.45) is 5.57. The Kier molecular flexibility index (Phi) is 8.25. The molecule has 3 aliphatic heterocycles. The number of piperazine rings is 1. The molecule has 0 radical (unpaired) electrons. The van der Waals surface area contributed by atoms with Crippen LogP contribution in [0.4, 0.5) is 5.69 Å². The van der Waals surface area contributed by atoms with Crippen LogP contribution in [0.15, 0.2) is 30.3 Å². The first-order valence-electron chi connectivity index (χ1n) is 12.9. The van der Waals surface area contributed by atoms with Crippen molar-refractivity contribution in [1.29, 1.82) is 0 Å². The normalized spacial score (nSPS) is 24.5. The van der Waals surface area contributed by atoms with Crippen molar-refractivity contribution in [3.63, 3.8) is 0 Å². The first kappa shape index (κ1) is 24.0. The molecule has 33 heavy (non-hydrogen) atoms. The van der Waals surface area contributed by atoms with Crippen LogP contribution in [0.5, 0.6) is 0 Å². The van der Waals surface area contributed by atoms with Gasteiger partial charge in [-0.25, -0.2) is 5.43 Å². The number of hydrogen-bond donors (Lipinski definition) is 2. The molecule has 3 saturated heterocycles. The molecule has 0 saturated carbocycles. The van der Waals surface area contributed by atoms with E-state index in [9.17, 15) is 9.59 Å². The van der Waals surface area contributed by atoms with E-state index < -0.39 is 0 Å². The van der Waals surface area contributed by atoms with Gasteiger partial charge in [0.05, 0.1) is 0 Å². The van der Waals surface area contributed by atoms with E-state index >= 15 is 0 Å². The molecule has 0 spiro atoms. The number of hydrazine groups is 1. The Morgan fingerprint density at radius 3 is 2.30 bits per heavy atom. The number of likely N-dealkylation sites (tertiary alicyclic amines) is 1. The molecule has 4 rings (SSSR count). The lowest BCUT2D eigenvalue weighted by atomic mass is 9.91. The van der Waals surface area contributed by atoms with Gasteiger partial charge in [-0.05, 0) is 56.1 Å². The highest BCUT2D eigenvalue weighted by Gasteiger charge is 2.34. The van der Waals surface area contributed by atoms with Crippen molar-refractivity contribution in [2.24, 2.45) is 11.8 Å². The molecule has 182 valence electrons.